The third-order valence-corrected chi connectivity index (χ3v) is 7.29. The van der Waals surface area contributed by atoms with Crippen LogP contribution in [-0.2, 0) is 0 Å². The van der Waals surface area contributed by atoms with Crippen molar-refractivity contribution in [2.45, 2.75) is 25.5 Å². The Hall–Kier alpha value is -3.58. The number of ether oxygens (including phenoxy) is 2. The second-order valence-corrected chi connectivity index (χ2v) is 10.1. The number of H-pyrrole nitrogens is 1. The van der Waals surface area contributed by atoms with E-state index in [0.717, 1.165) is 24.0 Å². The molecule has 4 heterocycles. The molecule has 1 aliphatic rings. The van der Waals surface area contributed by atoms with E-state index in [-0.39, 0.29) is 5.54 Å². The molecule has 1 atom stereocenters. The first kappa shape index (κ1) is 25.1. The summed E-state index contributed by atoms with van der Waals surface area (Å²) >= 11 is 12.7. The Bertz CT molecular complexity index is 1510. The van der Waals surface area contributed by atoms with Crippen LogP contribution in [0.1, 0.15) is 31.1 Å². The van der Waals surface area contributed by atoms with E-state index < -0.39 is 6.10 Å². The smallest absolute Gasteiger partial charge is 0.162 e. The quantitative estimate of drug-likeness (QED) is 0.333. The molecule has 11 heteroatoms. The monoisotopic (exact) mass is 537 g/mol. The number of nitriles is 1. The number of nitrogens with zero attached hydrogens (tertiary/aromatic N) is 5. The normalized spacial score (nSPS) is 15.2. The highest BCUT2D eigenvalue weighted by Gasteiger charge is 2.39. The summed E-state index contributed by atoms with van der Waals surface area (Å²) in [5.74, 6) is 1.68. The maximum atomic E-state index is 9.85. The lowest BCUT2D eigenvalue weighted by molar-refractivity contribution is 0.216. The number of methoxy groups -OCH3 is 1. The number of pyridine rings is 2. The summed E-state index contributed by atoms with van der Waals surface area (Å²) in [4.78, 5) is 10.7. The fourth-order valence-electron chi connectivity index (χ4n) is 4.58. The Labute approximate surface area is 224 Å². The largest absolute Gasteiger partial charge is 0.493 e. The number of fused-ring (bicyclic) bond motifs is 1. The maximum Gasteiger partial charge on any atom is 0.162 e. The van der Waals surface area contributed by atoms with E-state index in [9.17, 15) is 5.26 Å². The summed E-state index contributed by atoms with van der Waals surface area (Å²) in [5.41, 5.74) is 3.26. The number of nitrogens with one attached hydrogen (secondary N) is 2. The van der Waals surface area contributed by atoms with Crippen molar-refractivity contribution in [3.63, 3.8) is 0 Å². The molecule has 0 radical (unpaired) electrons. The van der Waals surface area contributed by atoms with Gasteiger partial charge in [-0.2, -0.15) is 10.4 Å². The van der Waals surface area contributed by atoms with Gasteiger partial charge in [0.05, 0.1) is 33.8 Å². The fraction of sp³-hybridized carbons (Fsp3) is 0.308. The van der Waals surface area contributed by atoms with Crippen molar-refractivity contribution >= 4 is 39.9 Å². The molecule has 3 aromatic heterocycles. The van der Waals surface area contributed by atoms with Crippen molar-refractivity contribution in [3.8, 4) is 28.8 Å². The van der Waals surface area contributed by atoms with Crippen LogP contribution >= 0.6 is 23.2 Å². The van der Waals surface area contributed by atoms with Gasteiger partial charge in [-0.15, -0.1) is 0 Å². The molecule has 1 aromatic carbocycles. The van der Waals surface area contributed by atoms with Gasteiger partial charge in [0.15, 0.2) is 11.5 Å². The lowest BCUT2D eigenvalue weighted by Gasteiger charge is -2.48. The first-order valence-electron chi connectivity index (χ1n) is 11.6. The first-order valence-corrected chi connectivity index (χ1v) is 12.4. The molecule has 2 N–H and O–H groups in total. The van der Waals surface area contributed by atoms with Crippen molar-refractivity contribution in [1.82, 2.24) is 25.5 Å². The number of hydrogen-bond acceptors (Lipinski definition) is 8. The van der Waals surface area contributed by atoms with Crippen molar-refractivity contribution in [2.24, 2.45) is 0 Å². The van der Waals surface area contributed by atoms with Gasteiger partial charge in [-0.25, -0.2) is 4.98 Å². The van der Waals surface area contributed by atoms with Crippen molar-refractivity contribution < 1.29 is 9.47 Å². The van der Waals surface area contributed by atoms with E-state index in [1.54, 1.807) is 13.3 Å². The lowest BCUT2D eigenvalue weighted by atomic mass is 9.92. The van der Waals surface area contributed by atoms with E-state index in [2.05, 4.69) is 43.4 Å². The Morgan fingerprint density at radius 3 is 2.54 bits per heavy atom. The molecule has 1 fully saturated rings. The summed E-state index contributed by atoms with van der Waals surface area (Å²) in [6.07, 6.45) is 4.32. The van der Waals surface area contributed by atoms with Gasteiger partial charge >= 0.3 is 0 Å². The van der Waals surface area contributed by atoms with Crippen LogP contribution in [0, 0.1) is 11.3 Å². The second kappa shape index (κ2) is 9.71. The summed E-state index contributed by atoms with van der Waals surface area (Å²) in [5, 5.41) is 22.3. The van der Waals surface area contributed by atoms with Gasteiger partial charge in [0.2, 0.25) is 0 Å². The molecule has 37 heavy (non-hydrogen) atoms. The molecule has 1 aliphatic heterocycles. The highest BCUT2D eigenvalue weighted by atomic mass is 35.5. The number of aromatic amines is 1. The molecular weight excluding hydrogens is 513 g/mol. The Morgan fingerprint density at radius 1 is 1.16 bits per heavy atom. The molecule has 190 valence electrons. The van der Waals surface area contributed by atoms with Crippen LogP contribution in [0.25, 0.3) is 22.2 Å². The molecule has 0 aliphatic carbocycles. The zero-order valence-electron chi connectivity index (χ0n) is 20.8. The van der Waals surface area contributed by atoms with Crippen LogP contribution in [0.5, 0.6) is 11.5 Å². The molecule has 0 bridgehead atoms. The number of rotatable bonds is 7. The SMILES string of the molecule is CNC1(C)CN(c2ncc(-c3n[nH]c4cc(OC)c(O[C@H](C)c5c(Cl)cncc5Cl)cc34)cc2C#N)C1. The van der Waals surface area contributed by atoms with Crippen LogP contribution in [0.15, 0.2) is 36.8 Å². The highest BCUT2D eigenvalue weighted by molar-refractivity contribution is 6.35. The average Bonchev–Trinajstić information content (AvgIpc) is 3.28. The van der Waals surface area contributed by atoms with Crippen molar-refractivity contribution in [1.29, 1.82) is 5.26 Å². The van der Waals surface area contributed by atoms with Gasteiger partial charge in [-0.1, -0.05) is 23.2 Å². The molecule has 0 amide bonds. The predicted molar refractivity (Wildman–Crippen MR) is 144 cm³/mol. The first-order chi connectivity index (χ1) is 17.8. The molecule has 0 unspecified atom stereocenters. The molecule has 4 aromatic rings. The van der Waals surface area contributed by atoms with E-state index in [1.165, 1.54) is 12.4 Å². The van der Waals surface area contributed by atoms with Crippen LogP contribution in [-0.4, -0.2) is 53.0 Å². The number of benzene rings is 1. The number of hydrogen-bond donors (Lipinski definition) is 2. The number of likely N-dealkylation sites (N-methyl/N-ethyl adjacent to an activating group) is 1. The molecule has 9 nitrogen and oxygen atoms in total. The van der Waals surface area contributed by atoms with Gasteiger partial charge in [-0.05, 0) is 33.0 Å². The van der Waals surface area contributed by atoms with Gasteiger partial charge in [0.25, 0.3) is 0 Å². The topological polar surface area (TPSA) is 112 Å². The van der Waals surface area contributed by atoms with Crippen molar-refractivity contribution in [2.75, 3.05) is 32.1 Å². The zero-order chi connectivity index (χ0) is 26.3. The molecule has 0 spiro atoms. The van der Waals surface area contributed by atoms with E-state index in [1.807, 2.05) is 32.2 Å². The summed E-state index contributed by atoms with van der Waals surface area (Å²) in [6.45, 7) is 5.55. The summed E-state index contributed by atoms with van der Waals surface area (Å²) in [6, 6.07) is 7.77. The minimum Gasteiger partial charge on any atom is -0.493 e. The number of halogens is 2. The summed E-state index contributed by atoms with van der Waals surface area (Å²) < 4.78 is 11.8. The maximum absolute atomic E-state index is 9.85. The minimum atomic E-state index is -0.476. The third-order valence-electron chi connectivity index (χ3n) is 6.69. The van der Waals surface area contributed by atoms with Crippen LogP contribution in [0.2, 0.25) is 10.0 Å². The average molecular weight is 538 g/mol. The van der Waals surface area contributed by atoms with Crippen LogP contribution < -0.4 is 19.7 Å². The summed E-state index contributed by atoms with van der Waals surface area (Å²) in [7, 11) is 3.51. The highest BCUT2D eigenvalue weighted by Crippen LogP contribution is 2.40. The minimum absolute atomic E-state index is 0.0167. The van der Waals surface area contributed by atoms with Gasteiger partial charge < -0.3 is 19.7 Å². The van der Waals surface area contributed by atoms with Crippen LogP contribution in [0.4, 0.5) is 5.82 Å². The third kappa shape index (κ3) is 4.53. The molecule has 5 rings (SSSR count). The second-order valence-electron chi connectivity index (χ2n) is 9.27. The number of anilines is 1. The van der Waals surface area contributed by atoms with Gasteiger partial charge in [-0.3, -0.25) is 10.1 Å². The fourth-order valence-corrected chi connectivity index (χ4v) is 5.25. The zero-order valence-corrected chi connectivity index (χ0v) is 22.3. The van der Waals surface area contributed by atoms with E-state index in [0.29, 0.717) is 49.7 Å². The van der Waals surface area contributed by atoms with Gasteiger partial charge in [0.1, 0.15) is 23.7 Å². The molecular formula is C26H25Cl2N7O2. The Balaban J connectivity index is 1.50. The lowest BCUT2D eigenvalue weighted by Crippen LogP contribution is -2.67. The standard InChI is InChI=1S/C26H25Cl2N7O2/c1-14(23-18(27)10-31-11-19(23)28)37-22-6-17-20(7-21(22)36-4)33-34-24(17)16-5-15(8-29)25(32-9-16)35-12-26(2,13-35)30-3/h5-7,9-11,14,30H,12-13H2,1-4H3,(H,33,34)/t14-/m1/s1. The molecule has 0 saturated carbocycles. The van der Waals surface area contributed by atoms with Gasteiger partial charge in [0, 0.05) is 54.3 Å². The predicted octanol–water partition coefficient (Wildman–Crippen LogP) is 5.15. The Kier molecular flexibility index (Phi) is 6.58. The number of aromatic nitrogens is 4. The molecule has 1 saturated heterocycles. The van der Waals surface area contributed by atoms with E-state index >= 15 is 0 Å². The van der Waals surface area contributed by atoms with E-state index in [4.69, 9.17) is 32.7 Å². The Morgan fingerprint density at radius 2 is 1.89 bits per heavy atom. The van der Waals surface area contributed by atoms with Crippen molar-refractivity contribution in [3.05, 3.63) is 58.0 Å². The van der Waals surface area contributed by atoms with Crippen LogP contribution in [0.3, 0.4) is 0 Å².